The predicted octanol–water partition coefficient (Wildman–Crippen LogP) is 2.42. The maximum Gasteiger partial charge on any atom is 0.306 e. The third kappa shape index (κ3) is 4.18. The first kappa shape index (κ1) is 14.8. The summed E-state index contributed by atoms with van der Waals surface area (Å²) >= 11 is 0. The van der Waals surface area contributed by atoms with Crippen LogP contribution in [0.3, 0.4) is 0 Å². The van der Waals surface area contributed by atoms with Crippen molar-refractivity contribution >= 4 is 5.97 Å². The van der Waals surface area contributed by atoms with Gasteiger partial charge in [-0.25, -0.2) is 0 Å². The Balaban J connectivity index is 1.69. The Kier molecular flexibility index (Phi) is 5.64. The summed E-state index contributed by atoms with van der Waals surface area (Å²) in [5.74, 6) is -0.0641. The van der Waals surface area contributed by atoms with Gasteiger partial charge in [0.25, 0.3) is 0 Å². The summed E-state index contributed by atoms with van der Waals surface area (Å²) in [6, 6.07) is 0.496. The van der Waals surface area contributed by atoms with Crippen LogP contribution in [0.1, 0.15) is 51.4 Å². The van der Waals surface area contributed by atoms with E-state index in [1.807, 2.05) is 7.11 Å². The molecule has 0 aromatic carbocycles. The zero-order valence-electron chi connectivity index (χ0n) is 11.9. The Morgan fingerprint density at radius 1 is 1.16 bits per heavy atom. The van der Waals surface area contributed by atoms with E-state index in [1.54, 1.807) is 0 Å². The second-order valence-corrected chi connectivity index (χ2v) is 6.13. The molecule has 4 nitrogen and oxygen atoms in total. The van der Waals surface area contributed by atoms with E-state index in [0.717, 1.165) is 32.2 Å². The van der Waals surface area contributed by atoms with Crippen LogP contribution in [-0.2, 0) is 9.53 Å². The number of hydrogen-bond donors (Lipinski definition) is 2. The highest BCUT2D eigenvalue weighted by Crippen LogP contribution is 2.29. The molecule has 0 aliphatic heterocycles. The highest BCUT2D eigenvalue weighted by Gasteiger charge is 2.28. The van der Waals surface area contributed by atoms with Gasteiger partial charge in [0.15, 0.2) is 0 Å². The molecular weight excluding hydrogens is 242 g/mol. The SMILES string of the molecule is COC1CCCCC1NCC1CCC(C(=O)O)CC1. The lowest BCUT2D eigenvalue weighted by atomic mass is 9.81. The summed E-state index contributed by atoms with van der Waals surface area (Å²) in [5.41, 5.74) is 0. The summed E-state index contributed by atoms with van der Waals surface area (Å²) < 4.78 is 5.55. The molecule has 0 spiro atoms. The molecule has 2 aliphatic rings. The average Bonchev–Trinajstić information content (AvgIpc) is 2.45. The highest BCUT2D eigenvalue weighted by molar-refractivity contribution is 5.69. The monoisotopic (exact) mass is 269 g/mol. The molecule has 4 heteroatoms. The van der Waals surface area contributed by atoms with Gasteiger partial charge in [0.1, 0.15) is 0 Å². The normalized spacial score (nSPS) is 36.1. The fourth-order valence-corrected chi connectivity index (χ4v) is 3.54. The zero-order chi connectivity index (χ0) is 13.7. The number of carboxylic acid groups (broad SMARTS) is 1. The minimum Gasteiger partial charge on any atom is -0.481 e. The van der Waals surface area contributed by atoms with E-state index < -0.39 is 5.97 Å². The van der Waals surface area contributed by atoms with E-state index >= 15 is 0 Å². The molecule has 2 unspecified atom stereocenters. The van der Waals surface area contributed by atoms with E-state index in [2.05, 4.69) is 5.32 Å². The van der Waals surface area contributed by atoms with Gasteiger partial charge in [-0.15, -0.1) is 0 Å². The molecule has 0 amide bonds. The molecular formula is C15H27NO3. The molecule has 0 aromatic heterocycles. The number of carbonyl (C=O) groups is 1. The average molecular weight is 269 g/mol. The fourth-order valence-electron chi connectivity index (χ4n) is 3.54. The Bertz CT molecular complexity index is 287. The third-order valence-electron chi connectivity index (χ3n) is 4.87. The van der Waals surface area contributed by atoms with Gasteiger partial charge < -0.3 is 15.2 Å². The van der Waals surface area contributed by atoms with Gasteiger partial charge in [0.2, 0.25) is 0 Å². The van der Waals surface area contributed by atoms with Crippen LogP contribution in [-0.4, -0.2) is 36.9 Å². The van der Waals surface area contributed by atoms with Crippen LogP contribution in [0.15, 0.2) is 0 Å². The second-order valence-electron chi connectivity index (χ2n) is 6.13. The van der Waals surface area contributed by atoms with Gasteiger partial charge in [-0.1, -0.05) is 12.8 Å². The molecule has 0 aromatic rings. The molecule has 19 heavy (non-hydrogen) atoms. The van der Waals surface area contributed by atoms with E-state index in [-0.39, 0.29) is 5.92 Å². The Morgan fingerprint density at radius 2 is 1.84 bits per heavy atom. The standard InChI is InChI=1S/C15H27NO3/c1-19-14-5-3-2-4-13(14)16-10-11-6-8-12(9-7-11)15(17)18/h11-14,16H,2-10H2,1H3,(H,17,18). The van der Waals surface area contributed by atoms with Gasteiger partial charge in [-0.3, -0.25) is 4.79 Å². The van der Waals surface area contributed by atoms with E-state index in [0.29, 0.717) is 18.1 Å². The molecule has 2 saturated carbocycles. The summed E-state index contributed by atoms with van der Waals surface area (Å²) in [5, 5.41) is 12.7. The Hall–Kier alpha value is -0.610. The Labute approximate surface area is 115 Å². The van der Waals surface area contributed by atoms with Crippen molar-refractivity contribution in [3.05, 3.63) is 0 Å². The minimum atomic E-state index is -0.613. The number of nitrogens with one attached hydrogen (secondary N) is 1. The maximum atomic E-state index is 10.9. The van der Waals surface area contributed by atoms with Crippen LogP contribution in [0, 0.1) is 11.8 Å². The summed E-state index contributed by atoms with van der Waals surface area (Å²) in [7, 11) is 1.81. The first-order valence-electron chi connectivity index (χ1n) is 7.69. The third-order valence-corrected chi connectivity index (χ3v) is 4.87. The van der Waals surface area contributed by atoms with Crippen molar-refractivity contribution in [2.24, 2.45) is 11.8 Å². The van der Waals surface area contributed by atoms with Crippen LogP contribution < -0.4 is 5.32 Å². The maximum absolute atomic E-state index is 10.9. The predicted molar refractivity (Wildman–Crippen MR) is 74.1 cm³/mol. The molecule has 0 radical (unpaired) electrons. The van der Waals surface area contributed by atoms with Gasteiger partial charge in [-0.05, 0) is 51.0 Å². The molecule has 0 heterocycles. The lowest BCUT2D eigenvalue weighted by Gasteiger charge is -2.33. The molecule has 0 bridgehead atoms. The molecule has 2 fully saturated rings. The number of rotatable bonds is 5. The molecule has 0 saturated heterocycles. The smallest absolute Gasteiger partial charge is 0.306 e. The first-order valence-corrected chi connectivity index (χ1v) is 7.69. The molecule has 2 aliphatic carbocycles. The fraction of sp³-hybridized carbons (Fsp3) is 0.933. The lowest BCUT2D eigenvalue weighted by molar-refractivity contribution is -0.143. The second kappa shape index (κ2) is 7.25. The summed E-state index contributed by atoms with van der Waals surface area (Å²) in [6.07, 6.45) is 9.11. The quantitative estimate of drug-likeness (QED) is 0.805. The van der Waals surface area contributed by atoms with E-state index in [9.17, 15) is 4.79 Å². The van der Waals surface area contributed by atoms with Crippen LogP contribution in [0.4, 0.5) is 0 Å². The van der Waals surface area contributed by atoms with E-state index in [4.69, 9.17) is 9.84 Å². The van der Waals surface area contributed by atoms with Crippen molar-refractivity contribution in [1.29, 1.82) is 0 Å². The van der Waals surface area contributed by atoms with Crippen molar-refractivity contribution in [3.63, 3.8) is 0 Å². The first-order chi connectivity index (χ1) is 9.20. The van der Waals surface area contributed by atoms with Crippen LogP contribution in [0.2, 0.25) is 0 Å². The van der Waals surface area contributed by atoms with Gasteiger partial charge in [0, 0.05) is 13.2 Å². The van der Waals surface area contributed by atoms with Crippen LogP contribution in [0.5, 0.6) is 0 Å². The number of hydrogen-bond acceptors (Lipinski definition) is 3. The van der Waals surface area contributed by atoms with Gasteiger partial charge in [0.05, 0.1) is 12.0 Å². The zero-order valence-corrected chi connectivity index (χ0v) is 11.9. The van der Waals surface area contributed by atoms with Crippen molar-refractivity contribution in [3.8, 4) is 0 Å². The van der Waals surface area contributed by atoms with Gasteiger partial charge in [-0.2, -0.15) is 0 Å². The van der Waals surface area contributed by atoms with Crippen LogP contribution in [0.25, 0.3) is 0 Å². The van der Waals surface area contributed by atoms with Crippen LogP contribution >= 0.6 is 0 Å². The number of aliphatic carboxylic acids is 1. The molecule has 2 N–H and O–H groups in total. The van der Waals surface area contributed by atoms with E-state index in [1.165, 1.54) is 25.7 Å². The number of methoxy groups -OCH3 is 1. The minimum absolute atomic E-state index is 0.0994. The summed E-state index contributed by atoms with van der Waals surface area (Å²) in [4.78, 5) is 10.9. The molecule has 2 rings (SSSR count). The summed E-state index contributed by atoms with van der Waals surface area (Å²) in [6.45, 7) is 1.02. The van der Waals surface area contributed by atoms with Gasteiger partial charge >= 0.3 is 5.97 Å². The lowest BCUT2D eigenvalue weighted by Crippen LogP contribution is -2.45. The molecule has 2 atom stereocenters. The highest BCUT2D eigenvalue weighted by atomic mass is 16.5. The van der Waals surface area contributed by atoms with Crippen molar-refractivity contribution in [1.82, 2.24) is 5.32 Å². The van der Waals surface area contributed by atoms with Crippen molar-refractivity contribution in [2.45, 2.75) is 63.5 Å². The number of ether oxygens (including phenoxy) is 1. The van der Waals surface area contributed by atoms with Crippen molar-refractivity contribution < 1.29 is 14.6 Å². The largest absolute Gasteiger partial charge is 0.481 e. The molecule has 110 valence electrons. The van der Waals surface area contributed by atoms with Crippen molar-refractivity contribution in [2.75, 3.05) is 13.7 Å². The number of carboxylic acids is 1. The Morgan fingerprint density at radius 3 is 2.47 bits per heavy atom. The topological polar surface area (TPSA) is 58.6 Å².